The number of carbonyl (C=O) groups excluding carboxylic acids is 3. The van der Waals surface area contributed by atoms with Gasteiger partial charge >= 0.3 is 12.1 Å². The third-order valence-electron chi connectivity index (χ3n) is 5.08. The average molecular weight is 439 g/mol. The molecule has 1 atom stereocenters. The van der Waals surface area contributed by atoms with Gasteiger partial charge in [-0.05, 0) is 58.2 Å². The molecule has 2 amide bonds. The summed E-state index contributed by atoms with van der Waals surface area (Å²) in [5.41, 5.74) is -0.746. The van der Waals surface area contributed by atoms with Crippen molar-refractivity contribution in [1.82, 2.24) is 9.80 Å². The van der Waals surface area contributed by atoms with Crippen LogP contribution in [0.3, 0.4) is 0 Å². The molecule has 0 bridgehead atoms. The number of hydrogen-bond donors (Lipinski definition) is 0. The molecule has 2 rings (SSSR count). The van der Waals surface area contributed by atoms with Crippen molar-refractivity contribution in [3.8, 4) is 0 Å². The van der Waals surface area contributed by atoms with E-state index in [-0.39, 0.29) is 18.3 Å². The lowest BCUT2D eigenvalue weighted by Gasteiger charge is -2.50. The van der Waals surface area contributed by atoms with Gasteiger partial charge in [0.25, 0.3) is 0 Å². The fraction of sp³-hybridized carbons (Fsp3) is 0.591. The highest BCUT2D eigenvalue weighted by atomic mass is 35.5. The molecule has 0 aliphatic carbocycles. The molecule has 1 saturated heterocycles. The largest absolute Gasteiger partial charge is 0.469 e. The second-order valence-corrected chi connectivity index (χ2v) is 9.13. The zero-order valence-corrected chi connectivity index (χ0v) is 19.1. The van der Waals surface area contributed by atoms with Gasteiger partial charge in [-0.25, -0.2) is 4.79 Å². The van der Waals surface area contributed by atoms with Crippen LogP contribution in [0.2, 0.25) is 5.02 Å². The summed E-state index contributed by atoms with van der Waals surface area (Å²) in [6.07, 6.45) is 0.722. The van der Waals surface area contributed by atoms with Crippen LogP contribution < -0.4 is 0 Å². The van der Waals surface area contributed by atoms with Crippen molar-refractivity contribution in [3.05, 3.63) is 34.9 Å². The van der Waals surface area contributed by atoms with Crippen LogP contribution in [-0.2, 0) is 25.6 Å². The lowest BCUT2D eigenvalue weighted by Crippen LogP contribution is -2.68. The van der Waals surface area contributed by atoms with E-state index >= 15 is 0 Å². The van der Waals surface area contributed by atoms with Gasteiger partial charge in [-0.3, -0.25) is 14.5 Å². The summed E-state index contributed by atoms with van der Waals surface area (Å²) >= 11 is 6.09. The molecular formula is C22H31ClN2O5. The predicted molar refractivity (Wildman–Crippen MR) is 114 cm³/mol. The Balaban J connectivity index is 2.17. The Labute approximate surface area is 183 Å². The summed E-state index contributed by atoms with van der Waals surface area (Å²) in [6, 6.07) is 7.29. The van der Waals surface area contributed by atoms with E-state index in [4.69, 9.17) is 21.1 Å². The molecule has 1 heterocycles. The van der Waals surface area contributed by atoms with E-state index in [2.05, 4.69) is 0 Å². The minimum absolute atomic E-state index is 0.176. The Morgan fingerprint density at radius 2 is 1.97 bits per heavy atom. The molecule has 1 aliphatic heterocycles. The number of ether oxygens (including phenoxy) is 2. The Bertz CT molecular complexity index is 792. The van der Waals surface area contributed by atoms with Crippen LogP contribution in [0.25, 0.3) is 0 Å². The zero-order chi connectivity index (χ0) is 22.5. The molecule has 0 unspecified atom stereocenters. The minimum Gasteiger partial charge on any atom is -0.469 e. The lowest BCUT2D eigenvalue weighted by atomic mass is 9.85. The first-order valence-electron chi connectivity index (χ1n) is 10.1. The normalized spacial score (nSPS) is 18.4. The number of carbonyl (C=O) groups is 3. The lowest BCUT2D eigenvalue weighted by molar-refractivity contribution is -0.152. The molecule has 0 saturated carbocycles. The fourth-order valence-electron chi connectivity index (χ4n) is 3.36. The number of rotatable bonds is 7. The number of methoxy groups -OCH3 is 1. The smallest absolute Gasteiger partial charge is 0.411 e. The van der Waals surface area contributed by atoms with Gasteiger partial charge in [0.05, 0.1) is 7.11 Å². The highest BCUT2D eigenvalue weighted by Gasteiger charge is 2.52. The molecule has 30 heavy (non-hydrogen) atoms. The summed E-state index contributed by atoms with van der Waals surface area (Å²) in [6.45, 7) is 8.29. The van der Waals surface area contributed by atoms with Gasteiger partial charge in [0, 0.05) is 31.1 Å². The summed E-state index contributed by atoms with van der Waals surface area (Å²) in [5, 5.41) is 0.583. The summed E-state index contributed by atoms with van der Waals surface area (Å²) in [5.74, 6) is -0.500. The van der Waals surface area contributed by atoms with Crippen molar-refractivity contribution in [1.29, 1.82) is 0 Å². The maximum absolute atomic E-state index is 13.5. The van der Waals surface area contributed by atoms with Crippen LogP contribution in [0.1, 0.15) is 52.5 Å². The first-order valence-corrected chi connectivity index (χ1v) is 10.5. The first kappa shape index (κ1) is 24.0. The topological polar surface area (TPSA) is 76.2 Å². The fourth-order valence-corrected chi connectivity index (χ4v) is 3.57. The predicted octanol–water partition coefficient (Wildman–Crippen LogP) is 4.02. The van der Waals surface area contributed by atoms with Crippen LogP contribution in [-0.4, -0.2) is 59.1 Å². The second-order valence-electron chi connectivity index (χ2n) is 8.69. The first-order chi connectivity index (χ1) is 14.0. The monoisotopic (exact) mass is 438 g/mol. The highest BCUT2D eigenvalue weighted by Crippen LogP contribution is 2.34. The van der Waals surface area contributed by atoms with E-state index in [1.54, 1.807) is 44.7 Å². The molecule has 1 fully saturated rings. The minimum atomic E-state index is -0.980. The van der Waals surface area contributed by atoms with Crippen LogP contribution >= 0.6 is 11.6 Å². The Morgan fingerprint density at radius 1 is 1.27 bits per heavy atom. The summed E-state index contributed by atoms with van der Waals surface area (Å²) < 4.78 is 10.2. The second kappa shape index (κ2) is 9.69. The number of hydrogen-bond acceptors (Lipinski definition) is 5. The SMILES string of the molecule is COC(=O)CCCN(Cc1cccc(Cl)c1)C(=O)[C@@]1(C)CCN1C(=O)OC(C)(C)C. The van der Waals surface area contributed by atoms with Crippen LogP contribution in [0.4, 0.5) is 4.79 Å². The average Bonchev–Trinajstić information content (AvgIpc) is 2.63. The molecule has 1 aromatic carbocycles. The maximum Gasteiger partial charge on any atom is 0.411 e. The van der Waals surface area contributed by atoms with Crippen LogP contribution in [0.15, 0.2) is 24.3 Å². The van der Waals surface area contributed by atoms with E-state index < -0.39 is 17.2 Å². The zero-order valence-electron chi connectivity index (χ0n) is 18.4. The molecule has 0 radical (unpaired) electrons. The van der Waals surface area contributed by atoms with E-state index in [0.29, 0.717) is 37.5 Å². The molecule has 1 aliphatic rings. The Hall–Kier alpha value is -2.28. The molecule has 166 valence electrons. The third kappa shape index (κ3) is 6.11. The van der Waals surface area contributed by atoms with Crippen molar-refractivity contribution in [2.24, 2.45) is 0 Å². The van der Waals surface area contributed by atoms with Gasteiger partial charge in [-0.2, -0.15) is 0 Å². The van der Waals surface area contributed by atoms with Crippen LogP contribution in [0, 0.1) is 0 Å². The van der Waals surface area contributed by atoms with Crippen molar-refractivity contribution in [3.63, 3.8) is 0 Å². The number of nitrogens with zero attached hydrogens (tertiary/aromatic N) is 2. The number of halogens is 1. The van der Waals surface area contributed by atoms with Gasteiger partial charge in [-0.1, -0.05) is 23.7 Å². The van der Waals surface area contributed by atoms with Gasteiger partial charge in [-0.15, -0.1) is 0 Å². The van der Waals surface area contributed by atoms with Crippen molar-refractivity contribution in [2.75, 3.05) is 20.2 Å². The van der Waals surface area contributed by atoms with E-state index in [1.807, 2.05) is 12.1 Å². The number of amides is 2. The van der Waals surface area contributed by atoms with Crippen molar-refractivity contribution >= 4 is 29.6 Å². The Kier molecular flexibility index (Phi) is 7.75. The van der Waals surface area contributed by atoms with Crippen molar-refractivity contribution in [2.45, 2.75) is 64.6 Å². The molecule has 8 heteroatoms. The van der Waals surface area contributed by atoms with E-state index in [1.165, 1.54) is 12.0 Å². The van der Waals surface area contributed by atoms with Gasteiger partial charge in [0.15, 0.2) is 0 Å². The van der Waals surface area contributed by atoms with Crippen molar-refractivity contribution < 1.29 is 23.9 Å². The molecule has 0 spiro atoms. The number of likely N-dealkylation sites (tertiary alicyclic amines) is 1. The van der Waals surface area contributed by atoms with Gasteiger partial charge in [0.2, 0.25) is 5.91 Å². The quantitative estimate of drug-likeness (QED) is 0.601. The molecule has 7 nitrogen and oxygen atoms in total. The number of benzene rings is 1. The highest BCUT2D eigenvalue weighted by molar-refractivity contribution is 6.30. The summed E-state index contributed by atoms with van der Waals surface area (Å²) in [4.78, 5) is 40.7. The van der Waals surface area contributed by atoms with Crippen LogP contribution in [0.5, 0.6) is 0 Å². The molecule has 1 aromatic rings. The standard InChI is InChI=1S/C22H31ClN2O5/c1-21(2,3)30-20(28)25-13-11-22(25,4)19(27)24(12-7-10-18(26)29-5)15-16-8-6-9-17(23)14-16/h6,8-9,14H,7,10-13,15H2,1-5H3/t22-/m1/s1. The van der Waals surface area contributed by atoms with Gasteiger partial charge in [0.1, 0.15) is 11.1 Å². The maximum atomic E-state index is 13.5. The van der Waals surface area contributed by atoms with E-state index in [0.717, 1.165) is 5.56 Å². The van der Waals surface area contributed by atoms with E-state index in [9.17, 15) is 14.4 Å². The number of esters is 1. The molecular weight excluding hydrogens is 408 g/mol. The molecule has 0 N–H and O–H groups in total. The Morgan fingerprint density at radius 3 is 2.50 bits per heavy atom. The third-order valence-corrected chi connectivity index (χ3v) is 5.31. The van der Waals surface area contributed by atoms with Gasteiger partial charge < -0.3 is 14.4 Å². The molecule has 0 aromatic heterocycles. The summed E-state index contributed by atoms with van der Waals surface area (Å²) in [7, 11) is 1.34.